The lowest BCUT2D eigenvalue weighted by molar-refractivity contribution is 0.0915. The molecule has 1 atom stereocenters. The Kier molecular flexibility index (Phi) is 7.09. The molecule has 0 aliphatic heterocycles. The standard InChI is InChI=1S/C28H29N3O3/c1-19-13-14-22(15-20(19)2)27-24(18-31(30-27)17-21-9-5-4-6-10-21)28(33)29-16-25(32)23-11-7-8-12-26(23)34-3/h4-15,18,25,32H,16-17H2,1-3H3,(H,29,33). The summed E-state index contributed by atoms with van der Waals surface area (Å²) < 4.78 is 7.11. The zero-order valence-electron chi connectivity index (χ0n) is 19.7. The van der Waals surface area contributed by atoms with Gasteiger partial charge < -0.3 is 15.2 Å². The van der Waals surface area contributed by atoms with Gasteiger partial charge in [-0.15, -0.1) is 0 Å². The fourth-order valence-electron chi connectivity index (χ4n) is 3.88. The number of hydrogen-bond donors (Lipinski definition) is 2. The highest BCUT2D eigenvalue weighted by Crippen LogP contribution is 2.26. The number of para-hydroxylation sites is 1. The van der Waals surface area contributed by atoms with Crippen molar-refractivity contribution in [2.45, 2.75) is 26.5 Å². The molecule has 1 unspecified atom stereocenters. The van der Waals surface area contributed by atoms with Gasteiger partial charge >= 0.3 is 0 Å². The van der Waals surface area contributed by atoms with Crippen molar-refractivity contribution in [3.63, 3.8) is 0 Å². The molecule has 6 heteroatoms. The van der Waals surface area contributed by atoms with E-state index >= 15 is 0 Å². The molecule has 0 spiro atoms. The minimum Gasteiger partial charge on any atom is -0.496 e. The van der Waals surface area contributed by atoms with Crippen LogP contribution < -0.4 is 10.1 Å². The summed E-state index contributed by atoms with van der Waals surface area (Å²) in [6.45, 7) is 4.70. The first-order valence-corrected chi connectivity index (χ1v) is 11.2. The second-order valence-electron chi connectivity index (χ2n) is 8.34. The molecule has 0 saturated heterocycles. The number of aliphatic hydroxyl groups excluding tert-OH is 1. The first-order chi connectivity index (χ1) is 16.5. The number of nitrogens with zero attached hydrogens (tertiary/aromatic N) is 2. The van der Waals surface area contributed by atoms with Gasteiger partial charge in [-0.25, -0.2) is 0 Å². The number of benzene rings is 3. The predicted molar refractivity (Wildman–Crippen MR) is 133 cm³/mol. The van der Waals surface area contributed by atoms with Crippen LogP contribution in [0.4, 0.5) is 0 Å². The zero-order valence-corrected chi connectivity index (χ0v) is 19.7. The highest BCUT2D eigenvalue weighted by Gasteiger charge is 2.20. The first kappa shape index (κ1) is 23.3. The summed E-state index contributed by atoms with van der Waals surface area (Å²) in [6, 6.07) is 23.3. The van der Waals surface area contributed by atoms with Crippen LogP contribution in [-0.2, 0) is 6.54 Å². The minimum absolute atomic E-state index is 0.0510. The fraction of sp³-hybridized carbons (Fsp3) is 0.214. The van der Waals surface area contributed by atoms with Crippen LogP contribution in [0, 0.1) is 13.8 Å². The van der Waals surface area contributed by atoms with Crippen molar-refractivity contribution in [1.29, 1.82) is 0 Å². The van der Waals surface area contributed by atoms with Crippen LogP contribution in [0.15, 0.2) is 79.0 Å². The molecule has 4 aromatic rings. The topological polar surface area (TPSA) is 76.4 Å². The molecule has 1 amide bonds. The number of aliphatic hydroxyl groups is 1. The minimum atomic E-state index is -0.899. The number of amides is 1. The maximum atomic E-state index is 13.2. The molecule has 0 aliphatic carbocycles. The summed E-state index contributed by atoms with van der Waals surface area (Å²) in [5.41, 5.74) is 5.99. The summed E-state index contributed by atoms with van der Waals surface area (Å²) in [5.74, 6) is 0.289. The van der Waals surface area contributed by atoms with E-state index in [1.165, 1.54) is 5.56 Å². The van der Waals surface area contributed by atoms with E-state index in [2.05, 4.69) is 12.2 Å². The van der Waals surface area contributed by atoms with Gasteiger partial charge in [0.15, 0.2) is 0 Å². The zero-order chi connectivity index (χ0) is 24.1. The van der Waals surface area contributed by atoms with Gasteiger partial charge in [0, 0.05) is 23.9 Å². The Morgan fingerprint density at radius 2 is 1.76 bits per heavy atom. The Balaban J connectivity index is 1.60. The summed E-state index contributed by atoms with van der Waals surface area (Å²) >= 11 is 0. The van der Waals surface area contributed by atoms with Crippen LogP contribution in [0.5, 0.6) is 5.75 Å². The van der Waals surface area contributed by atoms with Crippen molar-refractivity contribution in [3.8, 4) is 17.0 Å². The lowest BCUT2D eigenvalue weighted by Crippen LogP contribution is -2.28. The number of carbonyl (C=O) groups is 1. The van der Waals surface area contributed by atoms with Crippen LogP contribution in [0.1, 0.15) is 38.7 Å². The molecule has 0 bridgehead atoms. The molecule has 0 aliphatic rings. The molecule has 1 aromatic heterocycles. The van der Waals surface area contributed by atoms with E-state index in [0.29, 0.717) is 29.1 Å². The number of hydrogen-bond acceptors (Lipinski definition) is 4. The van der Waals surface area contributed by atoms with Crippen molar-refractivity contribution in [2.75, 3.05) is 13.7 Å². The largest absolute Gasteiger partial charge is 0.496 e. The highest BCUT2D eigenvalue weighted by molar-refractivity contribution is 5.99. The number of aromatic nitrogens is 2. The van der Waals surface area contributed by atoms with Gasteiger partial charge in [0.25, 0.3) is 5.91 Å². The third-order valence-corrected chi connectivity index (χ3v) is 5.93. The summed E-state index contributed by atoms with van der Waals surface area (Å²) in [6.07, 6.45) is 0.868. The van der Waals surface area contributed by atoms with Gasteiger partial charge in [0.1, 0.15) is 11.4 Å². The molecule has 2 N–H and O–H groups in total. The van der Waals surface area contributed by atoms with Gasteiger partial charge in [-0.3, -0.25) is 9.48 Å². The van der Waals surface area contributed by atoms with Crippen LogP contribution in [0.2, 0.25) is 0 Å². The number of methoxy groups -OCH3 is 1. The van der Waals surface area contributed by atoms with Crippen LogP contribution in [-0.4, -0.2) is 34.4 Å². The van der Waals surface area contributed by atoms with Gasteiger partial charge in [-0.2, -0.15) is 5.10 Å². The van der Waals surface area contributed by atoms with Crippen molar-refractivity contribution >= 4 is 5.91 Å². The van der Waals surface area contributed by atoms with E-state index < -0.39 is 6.10 Å². The Morgan fingerprint density at radius 3 is 2.50 bits per heavy atom. The van der Waals surface area contributed by atoms with E-state index in [9.17, 15) is 9.90 Å². The quantitative estimate of drug-likeness (QED) is 0.404. The number of rotatable bonds is 8. The lowest BCUT2D eigenvalue weighted by Gasteiger charge is -2.15. The van der Waals surface area contributed by atoms with Crippen LogP contribution in [0.3, 0.4) is 0 Å². The smallest absolute Gasteiger partial charge is 0.255 e. The molecule has 174 valence electrons. The summed E-state index contributed by atoms with van der Waals surface area (Å²) in [7, 11) is 1.56. The highest BCUT2D eigenvalue weighted by atomic mass is 16.5. The van der Waals surface area contributed by atoms with Crippen molar-refractivity contribution < 1.29 is 14.6 Å². The van der Waals surface area contributed by atoms with Gasteiger partial charge in [0.05, 0.1) is 25.3 Å². The average Bonchev–Trinajstić information content (AvgIpc) is 3.28. The fourth-order valence-corrected chi connectivity index (χ4v) is 3.88. The van der Waals surface area contributed by atoms with Crippen molar-refractivity contribution in [2.24, 2.45) is 0 Å². The number of aryl methyl sites for hydroxylation is 2. The molecule has 0 fully saturated rings. The van der Waals surface area contributed by atoms with E-state index in [-0.39, 0.29) is 12.5 Å². The molecule has 3 aromatic carbocycles. The van der Waals surface area contributed by atoms with Gasteiger partial charge in [0.2, 0.25) is 0 Å². The Morgan fingerprint density at radius 1 is 1.03 bits per heavy atom. The van der Waals surface area contributed by atoms with E-state index in [0.717, 1.165) is 16.7 Å². The van der Waals surface area contributed by atoms with E-state index in [4.69, 9.17) is 9.84 Å². The van der Waals surface area contributed by atoms with Gasteiger partial charge in [-0.05, 0) is 42.7 Å². The SMILES string of the molecule is COc1ccccc1C(O)CNC(=O)c1cn(Cc2ccccc2)nc1-c1ccc(C)c(C)c1. The van der Waals surface area contributed by atoms with Crippen LogP contribution in [0.25, 0.3) is 11.3 Å². The maximum Gasteiger partial charge on any atom is 0.255 e. The Bertz CT molecular complexity index is 1280. The Hall–Kier alpha value is -3.90. The van der Waals surface area contributed by atoms with E-state index in [1.807, 2.05) is 67.6 Å². The summed E-state index contributed by atoms with van der Waals surface area (Å²) in [4.78, 5) is 13.2. The van der Waals surface area contributed by atoms with E-state index in [1.54, 1.807) is 30.1 Å². The first-order valence-electron chi connectivity index (χ1n) is 11.2. The molecular formula is C28H29N3O3. The van der Waals surface area contributed by atoms with Crippen LogP contribution >= 0.6 is 0 Å². The molecule has 4 rings (SSSR count). The number of nitrogens with one attached hydrogen (secondary N) is 1. The normalized spacial score (nSPS) is 11.8. The van der Waals surface area contributed by atoms with Gasteiger partial charge in [-0.1, -0.05) is 60.7 Å². The Labute approximate surface area is 199 Å². The number of carbonyl (C=O) groups excluding carboxylic acids is 1. The second-order valence-corrected chi connectivity index (χ2v) is 8.34. The second kappa shape index (κ2) is 10.4. The summed E-state index contributed by atoms with van der Waals surface area (Å²) in [5, 5.41) is 18.3. The molecular weight excluding hydrogens is 426 g/mol. The molecule has 0 radical (unpaired) electrons. The molecule has 34 heavy (non-hydrogen) atoms. The third kappa shape index (κ3) is 5.18. The van der Waals surface area contributed by atoms with Crippen molar-refractivity contribution in [1.82, 2.24) is 15.1 Å². The third-order valence-electron chi connectivity index (χ3n) is 5.93. The number of ether oxygens (including phenoxy) is 1. The molecule has 1 heterocycles. The molecule has 0 saturated carbocycles. The average molecular weight is 456 g/mol. The van der Waals surface area contributed by atoms with Crippen molar-refractivity contribution in [3.05, 3.63) is 107 Å². The monoisotopic (exact) mass is 455 g/mol. The lowest BCUT2D eigenvalue weighted by atomic mass is 10.0. The maximum absolute atomic E-state index is 13.2. The predicted octanol–water partition coefficient (Wildman–Crippen LogP) is 4.69. The molecule has 6 nitrogen and oxygen atoms in total.